The Kier molecular flexibility index (Phi) is 34.6. The number of quaternary nitrogens is 1. The lowest BCUT2D eigenvalue weighted by atomic mass is 10.0. The van der Waals surface area contributed by atoms with E-state index in [1.807, 2.05) is 21.1 Å². The van der Waals surface area contributed by atoms with E-state index in [1.54, 1.807) is 0 Å². The van der Waals surface area contributed by atoms with E-state index >= 15 is 0 Å². The Labute approximate surface area is 320 Å². The Balaban J connectivity index is 4.39. The topological polar surface area (TPSA) is 108 Å². The van der Waals surface area contributed by atoms with Crippen molar-refractivity contribution >= 4 is 19.8 Å². The van der Waals surface area contributed by atoms with Gasteiger partial charge in [0.1, 0.15) is 19.8 Å². The molecule has 2 atom stereocenters. The second kappa shape index (κ2) is 35.5. The second-order valence-corrected chi connectivity index (χ2v) is 17.2. The van der Waals surface area contributed by atoms with Gasteiger partial charge >= 0.3 is 19.8 Å². The lowest BCUT2D eigenvalue weighted by Gasteiger charge is -2.24. The number of unbranched alkanes of at least 4 members (excludes halogenated alkanes) is 23. The largest absolute Gasteiger partial charge is 0.472 e. The normalized spacial score (nSPS) is 13.7. The molecule has 0 bridgehead atoms. The van der Waals surface area contributed by atoms with Crippen LogP contribution in [0.25, 0.3) is 0 Å². The minimum absolute atomic E-state index is 0.0312. The number of nitrogens with zero attached hydrogens (tertiary/aromatic N) is 1. The van der Waals surface area contributed by atoms with Crippen LogP contribution in [0.15, 0.2) is 12.2 Å². The molecule has 0 heterocycles. The first-order valence-corrected chi connectivity index (χ1v) is 22.9. The van der Waals surface area contributed by atoms with Gasteiger partial charge in [-0.05, 0) is 38.5 Å². The van der Waals surface area contributed by atoms with E-state index in [0.717, 1.165) is 38.5 Å². The van der Waals surface area contributed by atoms with Crippen molar-refractivity contribution in [3.63, 3.8) is 0 Å². The quantitative estimate of drug-likeness (QED) is 0.0217. The summed E-state index contributed by atoms with van der Waals surface area (Å²) in [4.78, 5) is 35.3. The van der Waals surface area contributed by atoms with E-state index in [4.69, 9.17) is 18.5 Å². The molecule has 0 radical (unpaired) electrons. The number of ether oxygens (including phenoxy) is 2. The number of rotatable bonds is 39. The zero-order valence-electron chi connectivity index (χ0n) is 34.6. The third-order valence-corrected chi connectivity index (χ3v) is 10.3. The van der Waals surface area contributed by atoms with Crippen LogP contribution >= 0.6 is 7.82 Å². The van der Waals surface area contributed by atoms with Gasteiger partial charge in [-0.3, -0.25) is 18.6 Å². The molecule has 0 aromatic rings. The first-order chi connectivity index (χ1) is 25.0. The summed E-state index contributed by atoms with van der Waals surface area (Å²) in [6.07, 6.45) is 35.4. The van der Waals surface area contributed by atoms with E-state index in [-0.39, 0.29) is 25.6 Å². The summed E-state index contributed by atoms with van der Waals surface area (Å²) in [6, 6.07) is 0. The van der Waals surface area contributed by atoms with Crippen LogP contribution in [0.5, 0.6) is 0 Å². The molecular formula is C42H83NO8P+. The third-order valence-electron chi connectivity index (χ3n) is 9.30. The molecule has 1 unspecified atom stereocenters. The average Bonchev–Trinajstić information content (AvgIpc) is 3.09. The second-order valence-electron chi connectivity index (χ2n) is 15.7. The highest BCUT2D eigenvalue weighted by Gasteiger charge is 2.27. The molecule has 0 aromatic heterocycles. The van der Waals surface area contributed by atoms with Crippen LogP contribution in [0.1, 0.15) is 194 Å². The lowest BCUT2D eigenvalue weighted by molar-refractivity contribution is -0.870. The van der Waals surface area contributed by atoms with Crippen LogP contribution in [0.2, 0.25) is 0 Å². The maximum Gasteiger partial charge on any atom is 0.472 e. The first-order valence-electron chi connectivity index (χ1n) is 21.4. The van der Waals surface area contributed by atoms with Gasteiger partial charge in [-0.1, -0.05) is 154 Å². The molecule has 1 N–H and O–H groups in total. The number of esters is 2. The molecule has 0 aromatic carbocycles. The fourth-order valence-corrected chi connectivity index (χ4v) is 6.63. The van der Waals surface area contributed by atoms with Crippen molar-refractivity contribution in [2.75, 3.05) is 47.5 Å². The monoisotopic (exact) mass is 761 g/mol. The maximum atomic E-state index is 12.6. The highest BCUT2D eigenvalue weighted by molar-refractivity contribution is 7.47. The minimum Gasteiger partial charge on any atom is -0.462 e. The molecule has 0 aliphatic heterocycles. The van der Waals surface area contributed by atoms with Crippen LogP contribution in [-0.2, 0) is 32.7 Å². The average molecular weight is 761 g/mol. The molecule has 0 aliphatic carbocycles. The Morgan fingerprint density at radius 3 is 1.46 bits per heavy atom. The van der Waals surface area contributed by atoms with Crippen LogP contribution in [-0.4, -0.2) is 74.9 Å². The predicted molar refractivity (Wildman–Crippen MR) is 215 cm³/mol. The van der Waals surface area contributed by atoms with Crippen molar-refractivity contribution in [2.45, 2.75) is 200 Å². The van der Waals surface area contributed by atoms with E-state index in [0.29, 0.717) is 23.9 Å². The fourth-order valence-electron chi connectivity index (χ4n) is 5.89. The number of phosphoric acid groups is 1. The molecule has 0 amide bonds. The number of likely N-dealkylation sites (N-methyl/N-ethyl adjacent to an activating group) is 1. The van der Waals surface area contributed by atoms with E-state index in [2.05, 4.69) is 26.0 Å². The van der Waals surface area contributed by atoms with E-state index in [9.17, 15) is 19.0 Å². The number of phosphoric ester groups is 1. The number of hydrogen-bond acceptors (Lipinski definition) is 7. The number of allylic oxidation sites excluding steroid dienone is 2. The Hall–Kier alpha value is -1.25. The van der Waals surface area contributed by atoms with Gasteiger partial charge in [0.05, 0.1) is 27.7 Å². The van der Waals surface area contributed by atoms with Gasteiger partial charge in [0.25, 0.3) is 0 Å². The van der Waals surface area contributed by atoms with Crippen LogP contribution < -0.4 is 0 Å². The van der Waals surface area contributed by atoms with Crippen molar-refractivity contribution in [3.8, 4) is 0 Å². The highest BCUT2D eigenvalue weighted by Crippen LogP contribution is 2.43. The molecule has 308 valence electrons. The molecule has 0 saturated heterocycles. The smallest absolute Gasteiger partial charge is 0.462 e. The number of carbonyl (C=O) groups excluding carboxylic acids is 2. The van der Waals surface area contributed by atoms with Crippen molar-refractivity contribution in [1.82, 2.24) is 0 Å². The van der Waals surface area contributed by atoms with Crippen molar-refractivity contribution in [2.24, 2.45) is 0 Å². The maximum absolute atomic E-state index is 12.6. The molecular weight excluding hydrogens is 677 g/mol. The fraction of sp³-hybridized carbons (Fsp3) is 0.905. The standard InChI is InChI=1S/C42H82NO8P/c1-6-8-10-12-14-16-18-20-21-23-25-27-29-31-33-35-42(45)51-40(39-50-52(46,47)49-37-36-43(3,4)5)38-48-41(44)34-32-30-28-26-24-22-19-17-15-13-11-9-7-2/h25,27,40H,6-24,26,28-39H2,1-5H3/p+1/b27-25+/t40-/m1/s1. The Bertz CT molecular complexity index is 907. The van der Waals surface area contributed by atoms with Crippen LogP contribution in [0.4, 0.5) is 0 Å². The minimum atomic E-state index is -4.37. The first kappa shape index (κ1) is 50.8. The van der Waals surface area contributed by atoms with Crippen LogP contribution in [0.3, 0.4) is 0 Å². The van der Waals surface area contributed by atoms with Gasteiger partial charge in [0.15, 0.2) is 6.10 Å². The van der Waals surface area contributed by atoms with E-state index in [1.165, 1.54) is 122 Å². The Morgan fingerprint density at radius 2 is 0.981 bits per heavy atom. The SMILES string of the molecule is CCCCCCCCCCC/C=C/CCCCC(=O)O[C@H](COC(=O)CCCCCCCCCCCCCCC)COP(=O)(O)OCC[N+](C)(C)C. The number of hydrogen-bond donors (Lipinski definition) is 1. The van der Waals surface area contributed by atoms with Gasteiger partial charge in [0, 0.05) is 12.8 Å². The summed E-state index contributed by atoms with van der Waals surface area (Å²) in [5.74, 6) is -0.816. The summed E-state index contributed by atoms with van der Waals surface area (Å²) in [5, 5.41) is 0. The zero-order valence-corrected chi connectivity index (χ0v) is 35.5. The summed E-state index contributed by atoms with van der Waals surface area (Å²) < 4.78 is 34.2. The highest BCUT2D eigenvalue weighted by atomic mass is 31.2. The van der Waals surface area contributed by atoms with Gasteiger partial charge in [0.2, 0.25) is 0 Å². The predicted octanol–water partition coefficient (Wildman–Crippen LogP) is 11.8. The number of carbonyl (C=O) groups is 2. The molecule has 0 saturated carbocycles. The molecule has 52 heavy (non-hydrogen) atoms. The molecule has 0 aliphatic rings. The molecule has 10 heteroatoms. The van der Waals surface area contributed by atoms with Gasteiger partial charge in [-0.15, -0.1) is 0 Å². The van der Waals surface area contributed by atoms with Crippen molar-refractivity contribution in [3.05, 3.63) is 12.2 Å². The summed E-state index contributed by atoms with van der Waals surface area (Å²) >= 11 is 0. The summed E-state index contributed by atoms with van der Waals surface area (Å²) in [7, 11) is 1.47. The lowest BCUT2D eigenvalue weighted by Crippen LogP contribution is -2.37. The summed E-state index contributed by atoms with van der Waals surface area (Å²) in [5.41, 5.74) is 0. The molecule has 0 fully saturated rings. The zero-order chi connectivity index (χ0) is 38.6. The van der Waals surface area contributed by atoms with Crippen molar-refractivity contribution in [1.29, 1.82) is 0 Å². The van der Waals surface area contributed by atoms with Gasteiger partial charge in [-0.2, -0.15) is 0 Å². The molecule has 9 nitrogen and oxygen atoms in total. The summed E-state index contributed by atoms with van der Waals surface area (Å²) in [6.45, 7) is 4.41. The van der Waals surface area contributed by atoms with E-state index < -0.39 is 26.5 Å². The van der Waals surface area contributed by atoms with Crippen LogP contribution in [0, 0.1) is 0 Å². The third kappa shape index (κ3) is 38.5. The Morgan fingerprint density at radius 1 is 0.577 bits per heavy atom. The van der Waals surface area contributed by atoms with Crippen molar-refractivity contribution < 1.29 is 42.1 Å². The molecule has 0 spiro atoms. The molecule has 0 rings (SSSR count). The van der Waals surface area contributed by atoms with Gasteiger partial charge < -0.3 is 18.9 Å². The van der Waals surface area contributed by atoms with Gasteiger partial charge in [-0.25, -0.2) is 4.57 Å².